The lowest BCUT2D eigenvalue weighted by atomic mass is 10.8. The molecule has 0 saturated heterocycles. The molecule has 0 unspecified atom stereocenters. The second-order valence-electron chi connectivity index (χ2n) is 1.08. The van der Waals surface area contributed by atoms with Gasteiger partial charge >= 0.3 is 0 Å². The SMILES string of the molecule is C=C(/N=C\C)NC. The quantitative estimate of drug-likeness (QED) is 0.507. The van der Waals surface area contributed by atoms with Crippen molar-refractivity contribution < 1.29 is 0 Å². The Hall–Kier alpha value is -0.790. The Bertz CT molecular complexity index is 84.1. The minimum atomic E-state index is 0.697. The Morgan fingerprint density at radius 2 is 2.43 bits per heavy atom. The van der Waals surface area contributed by atoms with E-state index in [2.05, 4.69) is 16.9 Å². The first-order valence-corrected chi connectivity index (χ1v) is 2.16. The topological polar surface area (TPSA) is 24.4 Å². The summed E-state index contributed by atoms with van der Waals surface area (Å²) in [5.41, 5.74) is 0. The van der Waals surface area contributed by atoms with Crippen LogP contribution in [0.3, 0.4) is 0 Å². The van der Waals surface area contributed by atoms with Gasteiger partial charge in [0.2, 0.25) is 0 Å². The summed E-state index contributed by atoms with van der Waals surface area (Å²) in [6, 6.07) is 0. The van der Waals surface area contributed by atoms with Gasteiger partial charge in [-0.3, -0.25) is 0 Å². The van der Waals surface area contributed by atoms with Crippen molar-refractivity contribution in [2.75, 3.05) is 7.05 Å². The summed E-state index contributed by atoms with van der Waals surface area (Å²) in [5.74, 6) is 0.697. The van der Waals surface area contributed by atoms with Crippen molar-refractivity contribution in [2.24, 2.45) is 4.99 Å². The Morgan fingerprint density at radius 1 is 1.86 bits per heavy atom. The molecule has 0 saturated carbocycles. The van der Waals surface area contributed by atoms with Gasteiger partial charge in [0, 0.05) is 13.3 Å². The average Bonchev–Trinajstić information content (AvgIpc) is 1.68. The number of nitrogens with one attached hydrogen (secondary N) is 1. The Morgan fingerprint density at radius 3 is 2.57 bits per heavy atom. The molecular weight excluding hydrogens is 88.1 g/mol. The number of hydrogen-bond donors (Lipinski definition) is 1. The molecule has 0 aliphatic carbocycles. The lowest BCUT2D eigenvalue weighted by Crippen LogP contribution is -2.00. The van der Waals surface area contributed by atoms with Crippen molar-refractivity contribution >= 4 is 6.21 Å². The predicted octanol–water partition coefficient (Wildman–Crippen LogP) is 0.768. The molecule has 0 bridgehead atoms. The van der Waals surface area contributed by atoms with Crippen LogP contribution < -0.4 is 5.32 Å². The molecule has 0 atom stereocenters. The molecule has 0 rings (SSSR count). The molecule has 0 fully saturated rings. The van der Waals surface area contributed by atoms with Crippen molar-refractivity contribution in [3.05, 3.63) is 12.4 Å². The summed E-state index contributed by atoms with van der Waals surface area (Å²) in [6.07, 6.45) is 1.69. The van der Waals surface area contributed by atoms with Crippen molar-refractivity contribution in [3.63, 3.8) is 0 Å². The summed E-state index contributed by atoms with van der Waals surface area (Å²) in [6.45, 7) is 5.40. The van der Waals surface area contributed by atoms with E-state index in [1.54, 1.807) is 13.3 Å². The fourth-order valence-corrected chi connectivity index (χ4v) is 0.220. The van der Waals surface area contributed by atoms with Crippen LogP contribution >= 0.6 is 0 Å². The van der Waals surface area contributed by atoms with Crippen molar-refractivity contribution in [2.45, 2.75) is 6.92 Å². The predicted molar refractivity (Wildman–Crippen MR) is 32.4 cm³/mol. The fourth-order valence-electron chi connectivity index (χ4n) is 0.220. The van der Waals surface area contributed by atoms with Crippen LogP contribution in [0.1, 0.15) is 6.92 Å². The maximum atomic E-state index is 3.81. The highest BCUT2D eigenvalue weighted by Crippen LogP contribution is 1.78. The van der Waals surface area contributed by atoms with Crippen LogP contribution in [-0.4, -0.2) is 13.3 Å². The zero-order chi connectivity index (χ0) is 5.70. The maximum Gasteiger partial charge on any atom is 0.117 e. The fraction of sp³-hybridized carbons (Fsp3) is 0.400. The third kappa shape index (κ3) is 3.03. The molecule has 0 amide bonds. The van der Waals surface area contributed by atoms with Gasteiger partial charge in [-0.15, -0.1) is 0 Å². The Kier molecular flexibility index (Phi) is 3.02. The average molecular weight is 98.1 g/mol. The number of rotatable bonds is 2. The van der Waals surface area contributed by atoms with Crippen molar-refractivity contribution in [1.29, 1.82) is 0 Å². The van der Waals surface area contributed by atoms with Crippen LogP contribution in [0.4, 0.5) is 0 Å². The van der Waals surface area contributed by atoms with E-state index in [0.29, 0.717) is 5.82 Å². The zero-order valence-electron chi connectivity index (χ0n) is 4.73. The van der Waals surface area contributed by atoms with E-state index in [4.69, 9.17) is 0 Å². The smallest absolute Gasteiger partial charge is 0.117 e. The van der Waals surface area contributed by atoms with Crippen LogP contribution in [0, 0.1) is 0 Å². The molecule has 0 heterocycles. The molecular formula is C5H10N2. The van der Waals surface area contributed by atoms with E-state index >= 15 is 0 Å². The molecule has 2 nitrogen and oxygen atoms in total. The van der Waals surface area contributed by atoms with Crippen LogP contribution in [0.5, 0.6) is 0 Å². The van der Waals surface area contributed by atoms with Gasteiger partial charge in [0.1, 0.15) is 5.82 Å². The normalized spacial score (nSPS) is 9.43. The van der Waals surface area contributed by atoms with Crippen LogP contribution in [0.25, 0.3) is 0 Å². The standard InChI is InChI=1S/C5H10N2/c1-4-7-5(2)6-3/h4,6H,2H2,1,3H3/b7-4-. The Labute approximate surface area is 44.0 Å². The van der Waals surface area contributed by atoms with E-state index in [0.717, 1.165) is 0 Å². The molecule has 0 radical (unpaired) electrons. The molecule has 0 aliphatic heterocycles. The molecule has 1 N–H and O–H groups in total. The minimum Gasteiger partial charge on any atom is -0.374 e. The first-order chi connectivity index (χ1) is 3.31. The highest BCUT2D eigenvalue weighted by atomic mass is 15.0. The minimum absolute atomic E-state index is 0.697. The highest BCUT2D eigenvalue weighted by Gasteiger charge is 1.72. The second kappa shape index (κ2) is 3.40. The lowest BCUT2D eigenvalue weighted by Gasteiger charge is -1.91. The first kappa shape index (κ1) is 6.21. The molecule has 0 spiro atoms. The summed E-state index contributed by atoms with van der Waals surface area (Å²) < 4.78 is 0. The van der Waals surface area contributed by atoms with Gasteiger partial charge < -0.3 is 5.32 Å². The van der Waals surface area contributed by atoms with E-state index in [1.807, 2.05) is 6.92 Å². The molecule has 7 heavy (non-hydrogen) atoms. The number of hydrogen-bond acceptors (Lipinski definition) is 2. The zero-order valence-corrected chi connectivity index (χ0v) is 4.73. The van der Waals surface area contributed by atoms with Crippen LogP contribution in [0.15, 0.2) is 17.4 Å². The molecule has 40 valence electrons. The Balaban J connectivity index is 3.37. The monoisotopic (exact) mass is 98.1 g/mol. The van der Waals surface area contributed by atoms with Crippen LogP contribution in [0.2, 0.25) is 0 Å². The van der Waals surface area contributed by atoms with Crippen LogP contribution in [-0.2, 0) is 0 Å². The lowest BCUT2D eigenvalue weighted by molar-refractivity contribution is 0.976. The van der Waals surface area contributed by atoms with E-state index in [-0.39, 0.29) is 0 Å². The van der Waals surface area contributed by atoms with Crippen molar-refractivity contribution in [1.82, 2.24) is 5.32 Å². The van der Waals surface area contributed by atoms with Gasteiger partial charge in [0.05, 0.1) is 0 Å². The third-order valence-electron chi connectivity index (χ3n) is 0.574. The summed E-state index contributed by atoms with van der Waals surface area (Å²) in [4.78, 5) is 3.81. The van der Waals surface area contributed by atoms with Crippen molar-refractivity contribution in [3.8, 4) is 0 Å². The summed E-state index contributed by atoms with van der Waals surface area (Å²) in [7, 11) is 1.79. The first-order valence-electron chi connectivity index (χ1n) is 2.16. The largest absolute Gasteiger partial charge is 0.374 e. The summed E-state index contributed by atoms with van der Waals surface area (Å²) >= 11 is 0. The molecule has 0 aromatic rings. The third-order valence-corrected chi connectivity index (χ3v) is 0.574. The van der Waals surface area contributed by atoms with Gasteiger partial charge in [-0.25, -0.2) is 4.99 Å². The van der Waals surface area contributed by atoms with E-state index < -0.39 is 0 Å². The second-order valence-corrected chi connectivity index (χ2v) is 1.08. The molecule has 0 aliphatic rings. The maximum absolute atomic E-state index is 3.81. The van der Waals surface area contributed by atoms with Gasteiger partial charge in [0.25, 0.3) is 0 Å². The molecule has 0 aromatic heterocycles. The van der Waals surface area contributed by atoms with Gasteiger partial charge in [0.15, 0.2) is 0 Å². The summed E-state index contributed by atoms with van der Waals surface area (Å²) in [5, 5.41) is 2.77. The van der Waals surface area contributed by atoms with Gasteiger partial charge in [-0.05, 0) is 6.92 Å². The van der Waals surface area contributed by atoms with E-state index in [9.17, 15) is 0 Å². The number of aliphatic imine (C=N–C) groups is 1. The number of nitrogens with zero attached hydrogens (tertiary/aromatic N) is 1. The van der Waals surface area contributed by atoms with E-state index in [1.165, 1.54) is 0 Å². The van der Waals surface area contributed by atoms with Gasteiger partial charge in [-0.1, -0.05) is 6.58 Å². The van der Waals surface area contributed by atoms with Gasteiger partial charge in [-0.2, -0.15) is 0 Å². The molecule has 2 heteroatoms. The highest BCUT2D eigenvalue weighted by molar-refractivity contribution is 5.54. The molecule has 0 aromatic carbocycles.